The van der Waals surface area contributed by atoms with Gasteiger partial charge < -0.3 is 5.32 Å². The predicted octanol–water partition coefficient (Wildman–Crippen LogP) is 3.39. The third-order valence-electron chi connectivity index (χ3n) is 3.29. The molecule has 1 amide bonds. The molecular formula is C17H17ClN2O3S. The molecule has 7 heteroatoms. The van der Waals surface area contributed by atoms with Crippen LogP contribution in [0.4, 0.5) is 11.4 Å². The monoisotopic (exact) mass is 364 g/mol. The van der Waals surface area contributed by atoms with Crippen molar-refractivity contribution < 1.29 is 13.2 Å². The summed E-state index contributed by atoms with van der Waals surface area (Å²) in [5, 5.41) is 3.24. The number of hydrogen-bond donors (Lipinski definition) is 1. The van der Waals surface area contributed by atoms with Gasteiger partial charge in [-0.2, -0.15) is 0 Å². The van der Waals surface area contributed by atoms with Gasteiger partial charge in [0, 0.05) is 23.8 Å². The lowest BCUT2D eigenvalue weighted by Crippen LogP contribution is -2.24. The van der Waals surface area contributed by atoms with Gasteiger partial charge in [-0.15, -0.1) is 0 Å². The van der Waals surface area contributed by atoms with Crippen LogP contribution in [-0.4, -0.2) is 27.6 Å². The number of rotatable bonds is 5. The third kappa shape index (κ3) is 4.84. The van der Waals surface area contributed by atoms with Crippen molar-refractivity contribution >= 4 is 45.0 Å². The van der Waals surface area contributed by atoms with Gasteiger partial charge in [0.15, 0.2) is 0 Å². The van der Waals surface area contributed by atoms with Crippen molar-refractivity contribution in [2.24, 2.45) is 0 Å². The van der Waals surface area contributed by atoms with Crippen LogP contribution in [0.3, 0.4) is 0 Å². The summed E-state index contributed by atoms with van der Waals surface area (Å²) < 4.78 is 24.3. The van der Waals surface area contributed by atoms with Gasteiger partial charge in [-0.05, 0) is 35.9 Å². The number of sulfonamides is 1. The van der Waals surface area contributed by atoms with Gasteiger partial charge in [0.05, 0.1) is 11.9 Å². The Morgan fingerprint density at radius 3 is 2.54 bits per heavy atom. The van der Waals surface area contributed by atoms with Gasteiger partial charge in [-0.3, -0.25) is 9.10 Å². The first-order valence-corrected chi connectivity index (χ1v) is 9.27. The SMILES string of the molecule is CN(c1cccc(NC(=O)/C=C/c2ccccc2Cl)c1)S(C)(=O)=O. The Morgan fingerprint density at radius 1 is 1.17 bits per heavy atom. The van der Waals surface area contributed by atoms with Crippen LogP contribution >= 0.6 is 11.6 Å². The first-order chi connectivity index (χ1) is 11.3. The van der Waals surface area contributed by atoms with E-state index < -0.39 is 10.0 Å². The summed E-state index contributed by atoms with van der Waals surface area (Å²) in [6.07, 6.45) is 4.10. The zero-order valence-electron chi connectivity index (χ0n) is 13.2. The lowest BCUT2D eigenvalue weighted by Gasteiger charge is -2.17. The van der Waals surface area contributed by atoms with Crippen molar-refractivity contribution in [1.29, 1.82) is 0 Å². The standard InChI is InChI=1S/C17H17ClN2O3S/c1-20(24(2,22)23)15-8-5-7-14(12-15)19-17(21)11-10-13-6-3-4-9-16(13)18/h3-12H,1-2H3,(H,19,21)/b11-10+. The van der Waals surface area contributed by atoms with Crippen molar-refractivity contribution in [3.05, 3.63) is 65.2 Å². The van der Waals surface area contributed by atoms with Crippen molar-refractivity contribution in [1.82, 2.24) is 0 Å². The average Bonchev–Trinajstić information content (AvgIpc) is 2.53. The molecule has 2 aromatic carbocycles. The van der Waals surface area contributed by atoms with Crippen molar-refractivity contribution in [3.8, 4) is 0 Å². The molecule has 0 saturated carbocycles. The van der Waals surface area contributed by atoms with Crippen LogP contribution in [0.25, 0.3) is 6.08 Å². The molecule has 0 unspecified atom stereocenters. The molecule has 0 saturated heterocycles. The maximum absolute atomic E-state index is 12.0. The smallest absolute Gasteiger partial charge is 0.248 e. The second kappa shape index (κ2) is 7.51. The Bertz CT molecular complexity index is 879. The van der Waals surface area contributed by atoms with E-state index in [1.807, 2.05) is 12.1 Å². The lowest BCUT2D eigenvalue weighted by atomic mass is 10.2. The molecule has 0 aromatic heterocycles. The van der Waals surface area contributed by atoms with E-state index in [0.29, 0.717) is 16.4 Å². The molecule has 0 aliphatic carbocycles. The molecule has 0 spiro atoms. The first kappa shape index (κ1) is 18.0. The minimum absolute atomic E-state index is 0.339. The number of carbonyl (C=O) groups is 1. The zero-order valence-corrected chi connectivity index (χ0v) is 14.8. The highest BCUT2D eigenvalue weighted by atomic mass is 35.5. The van der Waals surface area contributed by atoms with Gasteiger partial charge in [-0.25, -0.2) is 8.42 Å². The molecule has 0 radical (unpaired) electrons. The van der Waals surface area contributed by atoms with E-state index in [-0.39, 0.29) is 5.91 Å². The Morgan fingerprint density at radius 2 is 1.88 bits per heavy atom. The molecule has 0 aliphatic heterocycles. The second-order valence-electron chi connectivity index (χ2n) is 5.12. The van der Waals surface area contributed by atoms with Crippen molar-refractivity contribution in [2.75, 3.05) is 22.9 Å². The Balaban J connectivity index is 2.11. The number of nitrogens with one attached hydrogen (secondary N) is 1. The number of halogens is 1. The Labute approximate surface area is 146 Å². The molecular weight excluding hydrogens is 348 g/mol. The number of carbonyl (C=O) groups excluding carboxylic acids is 1. The summed E-state index contributed by atoms with van der Waals surface area (Å²) >= 11 is 6.02. The number of benzene rings is 2. The van der Waals surface area contributed by atoms with Crippen LogP contribution in [-0.2, 0) is 14.8 Å². The molecule has 24 heavy (non-hydrogen) atoms. The first-order valence-electron chi connectivity index (χ1n) is 7.05. The van der Waals surface area contributed by atoms with E-state index in [1.165, 1.54) is 13.1 Å². The van der Waals surface area contributed by atoms with Gasteiger partial charge in [0.2, 0.25) is 15.9 Å². The van der Waals surface area contributed by atoms with Gasteiger partial charge in [0.1, 0.15) is 0 Å². The predicted molar refractivity (Wildman–Crippen MR) is 98.8 cm³/mol. The minimum Gasteiger partial charge on any atom is -0.322 e. The zero-order chi connectivity index (χ0) is 17.7. The van der Waals surface area contributed by atoms with Crippen LogP contribution in [0.1, 0.15) is 5.56 Å². The largest absolute Gasteiger partial charge is 0.322 e. The lowest BCUT2D eigenvalue weighted by molar-refractivity contribution is -0.111. The molecule has 2 aromatic rings. The van der Waals surface area contributed by atoms with Crippen molar-refractivity contribution in [3.63, 3.8) is 0 Å². The van der Waals surface area contributed by atoms with Gasteiger partial charge >= 0.3 is 0 Å². The van der Waals surface area contributed by atoms with E-state index in [4.69, 9.17) is 11.6 Å². The highest BCUT2D eigenvalue weighted by Gasteiger charge is 2.12. The van der Waals surface area contributed by atoms with E-state index in [0.717, 1.165) is 16.1 Å². The van der Waals surface area contributed by atoms with E-state index in [2.05, 4.69) is 5.32 Å². The molecule has 0 bridgehead atoms. The normalized spacial score (nSPS) is 11.5. The second-order valence-corrected chi connectivity index (χ2v) is 7.55. The molecule has 0 atom stereocenters. The maximum Gasteiger partial charge on any atom is 0.248 e. The number of hydrogen-bond acceptors (Lipinski definition) is 3. The summed E-state index contributed by atoms with van der Waals surface area (Å²) in [5.41, 5.74) is 1.70. The molecule has 126 valence electrons. The molecule has 2 rings (SSSR count). The summed E-state index contributed by atoms with van der Waals surface area (Å²) in [6.45, 7) is 0. The van der Waals surface area contributed by atoms with E-state index in [9.17, 15) is 13.2 Å². The van der Waals surface area contributed by atoms with Gasteiger partial charge in [0.25, 0.3) is 0 Å². The van der Waals surface area contributed by atoms with E-state index in [1.54, 1.807) is 42.5 Å². The fourth-order valence-corrected chi connectivity index (χ4v) is 2.63. The highest BCUT2D eigenvalue weighted by Crippen LogP contribution is 2.20. The van der Waals surface area contributed by atoms with Crippen molar-refractivity contribution in [2.45, 2.75) is 0 Å². The van der Waals surface area contributed by atoms with Gasteiger partial charge in [-0.1, -0.05) is 35.9 Å². The summed E-state index contributed by atoms with van der Waals surface area (Å²) in [4.78, 5) is 12.0. The quantitative estimate of drug-likeness (QED) is 0.827. The average molecular weight is 365 g/mol. The van der Waals surface area contributed by atoms with E-state index >= 15 is 0 Å². The molecule has 5 nitrogen and oxygen atoms in total. The summed E-state index contributed by atoms with van der Waals surface area (Å²) in [5.74, 6) is -0.339. The fourth-order valence-electron chi connectivity index (χ4n) is 1.93. The molecule has 0 aliphatic rings. The number of nitrogens with zero attached hydrogens (tertiary/aromatic N) is 1. The summed E-state index contributed by atoms with van der Waals surface area (Å²) in [6, 6.07) is 13.8. The minimum atomic E-state index is -3.36. The Kier molecular flexibility index (Phi) is 5.64. The molecule has 0 fully saturated rings. The van der Waals surface area contributed by atoms with Crippen LogP contribution in [0.5, 0.6) is 0 Å². The van der Waals surface area contributed by atoms with Crippen LogP contribution < -0.4 is 9.62 Å². The number of amides is 1. The topological polar surface area (TPSA) is 66.5 Å². The number of anilines is 2. The fraction of sp³-hybridized carbons (Fsp3) is 0.118. The van der Waals surface area contributed by atoms with Crippen LogP contribution in [0, 0.1) is 0 Å². The maximum atomic E-state index is 12.0. The highest BCUT2D eigenvalue weighted by molar-refractivity contribution is 7.92. The van der Waals surface area contributed by atoms with Crippen LogP contribution in [0.15, 0.2) is 54.6 Å². The molecule has 0 heterocycles. The molecule has 1 N–H and O–H groups in total. The third-order valence-corrected chi connectivity index (χ3v) is 4.84. The summed E-state index contributed by atoms with van der Waals surface area (Å²) in [7, 11) is -1.91. The van der Waals surface area contributed by atoms with Crippen LogP contribution in [0.2, 0.25) is 5.02 Å². The Hall–Kier alpha value is -2.31.